The van der Waals surface area contributed by atoms with Gasteiger partial charge >= 0.3 is 6.09 Å². The quantitative estimate of drug-likeness (QED) is 0.875. The summed E-state index contributed by atoms with van der Waals surface area (Å²) < 4.78 is 10.6. The summed E-state index contributed by atoms with van der Waals surface area (Å²) in [5, 5.41) is 3.02. The van der Waals surface area contributed by atoms with Crippen LogP contribution in [0.4, 0.5) is 4.79 Å². The van der Waals surface area contributed by atoms with Crippen molar-refractivity contribution >= 4 is 6.09 Å². The Morgan fingerprint density at radius 2 is 2.22 bits per heavy atom. The average Bonchev–Trinajstić information content (AvgIpc) is 2.74. The second-order valence-electron chi connectivity index (χ2n) is 5.08. The molecule has 0 aliphatic carbocycles. The van der Waals surface area contributed by atoms with Crippen LogP contribution in [0.15, 0.2) is 22.8 Å². The maximum Gasteiger partial charge on any atom is 0.410 e. The Kier molecular flexibility index (Phi) is 5.22. The molecule has 0 saturated heterocycles. The first-order valence-electron chi connectivity index (χ1n) is 6.07. The SMILES string of the molecule is CNCCN(Cc1ccco1)C(=O)OC(C)(C)C. The minimum atomic E-state index is -0.488. The average molecular weight is 254 g/mol. The maximum atomic E-state index is 12.0. The predicted molar refractivity (Wildman–Crippen MR) is 69.3 cm³/mol. The van der Waals surface area contributed by atoms with E-state index in [2.05, 4.69) is 5.32 Å². The molecular weight excluding hydrogens is 232 g/mol. The Labute approximate surface area is 108 Å². The van der Waals surface area contributed by atoms with Gasteiger partial charge in [-0.2, -0.15) is 0 Å². The minimum Gasteiger partial charge on any atom is -0.467 e. The van der Waals surface area contributed by atoms with Crippen LogP contribution in [-0.2, 0) is 11.3 Å². The first-order chi connectivity index (χ1) is 8.42. The number of likely N-dealkylation sites (N-methyl/N-ethyl adjacent to an activating group) is 1. The standard InChI is InChI=1S/C13H22N2O3/c1-13(2,3)18-12(16)15(8-7-14-4)10-11-6-5-9-17-11/h5-6,9,14H,7-8,10H2,1-4H3. The second kappa shape index (κ2) is 6.44. The summed E-state index contributed by atoms with van der Waals surface area (Å²) in [6, 6.07) is 3.65. The number of rotatable bonds is 5. The van der Waals surface area contributed by atoms with E-state index in [-0.39, 0.29) is 6.09 Å². The summed E-state index contributed by atoms with van der Waals surface area (Å²) in [6.45, 7) is 7.27. The lowest BCUT2D eigenvalue weighted by molar-refractivity contribution is 0.0224. The topological polar surface area (TPSA) is 54.7 Å². The number of ether oxygens (including phenoxy) is 1. The fourth-order valence-electron chi connectivity index (χ4n) is 1.40. The molecule has 18 heavy (non-hydrogen) atoms. The molecule has 0 atom stereocenters. The molecule has 0 aliphatic rings. The number of nitrogens with one attached hydrogen (secondary N) is 1. The summed E-state index contributed by atoms with van der Waals surface area (Å²) in [7, 11) is 1.85. The zero-order chi connectivity index (χ0) is 13.6. The highest BCUT2D eigenvalue weighted by Gasteiger charge is 2.22. The van der Waals surface area contributed by atoms with E-state index in [0.717, 1.165) is 5.76 Å². The molecule has 0 fully saturated rings. The number of nitrogens with zero attached hydrogens (tertiary/aromatic N) is 1. The lowest BCUT2D eigenvalue weighted by atomic mass is 10.2. The highest BCUT2D eigenvalue weighted by Crippen LogP contribution is 2.12. The van der Waals surface area contributed by atoms with Crippen molar-refractivity contribution in [2.24, 2.45) is 0 Å². The molecule has 1 amide bonds. The zero-order valence-corrected chi connectivity index (χ0v) is 11.5. The van der Waals surface area contributed by atoms with Crippen LogP contribution in [-0.4, -0.2) is 36.7 Å². The Hall–Kier alpha value is -1.49. The molecule has 1 N–H and O–H groups in total. The van der Waals surface area contributed by atoms with Gasteiger partial charge < -0.3 is 14.5 Å². The molecule has 102 valence electrons. The van der Waals surface area contributed by atoms with E-state index in [4.69, 9.17) is 9.15 Å². The fraction of sp³-hybridized carbons (Fsp3) is 0.615. The van der Waals surface area contributed by atoms with E-state index in [9.17, 15) is 4.79 Å². The molecule has 0 unspecified atom stereocenters. The van der Waals surface area contributed by atoms with E-state index in [1.165, 1.54) is 0 Å². The second-order valence-corrected chi connectivity index (χ2v) is 5.08. The molecule has 5 heteroatoms. The Morgan fingerprint density at radius 3 is 2.72 bits per heavy atom. The maximum absolute atomic E-state index is 12.0. The van der Waals surface area contributed by atoms with E-state index in [0.29, 0.717) is 19.6 Å². The third kappa shape index (κ3) is 5.23. The molecule has 0 bridgehead atoms. The lowest BCUT2D eigenvalue weighted by Crippen LogP contribution is -2.39. The van der Waals surface area contributed by atoms with E-state index < -0.39 is 5.60 Å². The van der Waals surface area contributed by atoms with Crippen molar-refractivity contribution in [3.05, 3.63) is 24.2 Å². The fourth-order valence-corrected chi connectivity index (χ4v) is 1.40. The van der Waals surface area contributed by atoms with Crippen LogP contribution in [0.5, 0.6) is 0 Å². The van der Waals surface area contributed by atoms with Crippen LogP contribution in [0.2, 0.25) is 0 Å². The normalized spacial score (nSPS) is 11.3. The van der Waals surface area contributed by atoms with Gasteiger partial charge in [0.1, 0.15) is 11.4 Å². The number of furan rings is 1. The van der Waals surface area contributed by atoms with Crippen molar-refractivity contribution in [2.45, 2.75) is 32.9 Å². The van der Waals surface area contributed by atoms with E-state index >= 15 is 0 Å². The summed E-state index contributed by atoms with van der Waals surface area (Å²) in [5.74, 6) is 0.747. The van der Waals surface area contributed by atoms with Gasteiger partial charge in [0.05, 0.1) is 12.8 Å². The van der Waals surface area contributed by atoms with Crippen LogP contribution in [0, 0.1) is 0 Å². The van der Waals surface area contributed by atoms with Gasteiger partial charge in [-0.25, -0.2) is 4.79 Å². The molecule has 5 nitrogen and oxygen atoms in total. The molecule has 0 saturated carbocycles. The monoisotopic (exact) mass is 254 g/mol. The van der Waals surface area contributed by atoms with Gasteiger partial charge in [-0.1, -0.05) is 0 Å². The predicted octanol–water partition coefficient (Wildman–Crippen LogP) is 2.24. The van der Waals surface area contributed by atoms with Gasteiger partial charge in [-0.3, -0.25) is 4.90 Å². The smallest absolute Gasteiger partial charge is 0.410 e. The summed E-state index contributed by atoms with van der Waals surface area (Å²) in [5.41, 5.74) is -0.488. The van der Waals surface area contributed by atoms with Crippen LogP contribution in [0.1, 0.15) is 26.5 Å². The lowest BCUT2D eigenvalue weighted by Gasteiger charge is -2.26. The largest absolute Gasteiger partial charge is 0.467 e. The van der Waals surface area contributed by atoms with Gasteiger partial charge in [0, 0.05) is 13.1 Å². The van der Waals surface area contributed by atoms with Crippen LogP contribution >= 0.6 is 0 Å². The number of carbonyl (C=O) groups excluding carboxylic acids is 1. The summed E-state index contributed by atoms with van der Waals surface area (Å²) in [6.07, 6.45) is 1.27. The van der Waals surface area contributed by atoms with Crippen molar-refractivity contribution in [2.75, 3.05) is 20.1 Å². The van der Waals surface area contributed by atoms with Crippen molar-refractivity contribution in [3.63, 3.8) is 0 Å². The molecule has 1 heterocycles. The molecule has 1 rings (SSSR count). The molecule has 0 aromatic carbocycles. The molecule has 1 aromatic rings. The van der Waals surface area contributed by atoms with Crippen LogP contribution < -0.4 is 5.32 Å². The highest BCUT2D eigenvalue weighted by atomic mass is 16.6. The van der Waals surface area contributed by atoms with Crippen molar-refractivity contribution in [3.8, 4) is 0 Å². The van der Waals surface area contributed by atoms with Crippen molar-refractivity contribution in [1.29, 1.82) is 0 Å². The molecule has 0 spiro atoms. The van der Waals surface area contributed by atoms with Gasteiger partial charge in [0.15, 0.2) is 0 Å². The zero-order valence-electron chi connectivity index (χ0n) is 11.5. The van der Waals surface area contributed by atoms with E-state index in [1.54, 1.807) is 17.2 Å². The number of carbonyl (C=O) groups is 1. The minimum absolute atomic E-state index is 0.325. The first kappa shape index (κ1) is 14.6. The van der Waals surface area contributed by atoms with Crippen LogP contribution in [0.3, 0.4) is 0 Å². The van der Waals surface area contributed by atoms with Gasteiger partial charge in [0.2, 0.25) is 0 Å². The Bertz CT molecular complexity index is 355. The summed E-state index contributed by atoms with van der Waals surface area (Å²) >= 11 is 0. The highest BCUT2D eigenvalue weighted by molar-refractivity contribution is 5.68. The number of hydrogen-bond acceptors (Lipinski definition) is 4. The van der Waals surface area contributed by atoms with Gasteiger partial charge in [0.25, 0.3) is 0 Å². The van der Waals surface area contributed by atoms with Gasteiger partial charge in [-0.15, -0.1) is 0 Å². The van der Waals surface area contributed by atoms with Crippen molar-refractivity contribution in [1.82, 2.24) is 10.2 Å². The third-order valence-electron chi connectivity index (χ3n) is 2.21. The van der Waals surface area contributed by atoms with Gasteiger partial charge in [-0.05, 0) is 40.0 Å². The molecule has 1 aromatic heterocycles. The van der Waals surface area contributed by atoms with Crippen molar-refractivity contribution < 1.29 is 13.9 Å². The molecule has 0 radical (unpaired) electrons. The van der Waals surface area contributed by atoms with Crippen LogP contribution in [0.25, 0.3) is 0 Å². The molecular formula is C13H22N2O3. The Morgan fingerprint density at radius 1 is 1.50 bits per heavy atom. The van der Waals surface area contributed by atoms with E-state index in [1.807, 2.05) is 33.9 Å². The third-order valence-corrected chi connectivity index (χ3v) is 2.21. The Balaban J connectivity index is 2.62. The first-order valence-corrected chi connectivity index (χ1v) is 6.07. The number of hydrogen-bond donors (Lipinski definition) is 1. The number of amides is 1. The summed E-state index contributed by atoms with van der Waals surface area (Å²) in [4.78, 5) is 13.7. The molecule has 0 aliphatic heterocycles.